The zero-order valence-corrected chi connectivity index (χ0v) is 7.97. The van der Waals surface area contributed by atoms with E-state index in [0.29, 0.717) is 12.8 Å². The molecule has 0 fully saturated rings. The third-order valence-electron chi connectivity index (χ3n) is 1.60. The van der Waals surface area contributed by atoms with Gasteiger partial charge in [-0.05, 0) is 6.42 Å². The second-order valence-corrected chi connectivity index (χ2v) is 2.94. The number of halogens is 6. The molecule has 88 valence electrons. The number of alkyl halides is 6. The number of hydrogen-bond donors (Lipinski definition) is 0. The Morgan fingerprint density at radius 1 is 0.933 bits per heavy atom. The highest BCUT2D eigenvalue weighted by Crippen LogP contribution is 2.40. The van der Waals surface area contributed by atoms with E-state index in [1.807, 2.05) is 5.92 Å². The molecule has 0 aliphatic carbocycles. The summed E-state index contributed by atoms with van der Waals surface area (Å²) in [5, 5.41) is 0. The first-order valence-electron chi connectivity index (χ1n) is 4.28. The van der Waals surface area contributed by atoms with Gasteiger partial charge in [-0.25, -0.2) is 0 Å². The van der Waals surface area contributed by atoms with Gasteiger partial charge >= 0.3 is 12.4 Å². The molecule has 0 spiro atoms. The van der Waals surface area contributed by atoms with E-state index in [0.717, 1.165) is 0 Å². The van der Waals surface area contributed by atoms with Gasteiger partial charge in [0, 0.05) is 12.8 Å². The van der Waals surface area contributed by atoms with Crippen molar-refractivity contribution in [2.45, 2.75) is 38.5 Å². The van der Waals surface area contributed by atoms with Crippen LogP contribution in [0.3, 0.4) is 0 Å². The highest BCUT2D eigenvalue weighted by atomic mass is 19.4. The molecule has 0 saturated carbocycles. The molecule has 0 aliphatic rings. The monoisotopic (exact) mass is 232 g/mol. The van der Waals surface area contributed by atoms with Gasteiger partial charge in [-0.15, -0.1) is 11.8 Å². The second-order valence-electron chi connectivity index (χ2n) is 2.94. The number of rotatable bonds is 2. The van der Waals surface area contributed by atoms with Crippen LogP contribution in [0, 0.1) is 17.8 Å². The van der Waals surface area contributed by atoms with Crippen LogP contribution in [0.4, 0.5) is 26.3 Å². The highest BCUT2D eigenvalue weighted by molar-refractivity contribution is 5.01. The van der Waals surface area contributed by atoms with Gasteiger partial charge in [0.1, 0.15) is 0 Å². The summed E-state index contributed by atoms with van der Waals surface area (Å²) in [6.07, 6.45) is -10.9. The van der Waals surface area contributed by atoms with Crippen LogP contribution in [0.5, 0.6) is 0 Å². The maximum atomic E-state index is 11.9. The van der Waals surface area contributed by atoms with Gasteiger partial charge in [0.2, 0.25) is 0 Å². The van der Waals surface area contributed by atoms with Crippen LogP contribution in [0.2, 0.25) is 0 Å². The van der Waals surface area contributed by atoms with E-state index in [1.54, 1.807) is 6.92 Å². The predicted molar refractivity (Wildman–Crippen MR) is 42.9 cm³/mol. The molecule has 0 amide bonds. The van der Waals surface area contributed by atoms with Crippen molar-refractivity contribution in [1.82, 2.24) is 0 Å². The molecule has 0 aliphatic heterocycles. The first-order valence-corrected chi connectivity index (χ1v) is 4.28. The molecule has 6 heteroatoms. The van der Waals surface area contributed by atoms with Crippen molar-refractivity contribution < 1.29 is 26.3 Å². The van der Waals surface area contributed by atoms with Crippen molar-refractivity contribution in [3.63, 3.8) is 0 Å². The quantitative estimate of drug-likeness (QED) is 0.500. The van der Waals surface area contributed by atoms with Gasteiger partial charge in [-0.2, -0.15) is 26.3 Å². The summed E-state index contributed by atoms with van der Waals surface area (Å²) in [4.78, 5) is 0. The lowest BCUT2D eigenvalue weighted by Crippen LogP contribution is -2.36. The van der Waals surface area contributed by atoms with Crippen molar-refractivity contribution in [2.75, 3.05) is 0 Å². The first kappa shape index (κ1) is 14.1. The average Bonchev–Trinajstić information content (AvgIpc) is 1.99. The number of unbranched alkanes of at least 4 members (excludes halogenated alkanes) is 1. The van der Waals surface area contributed by atoms with E-state index in [9.17, 15) is 26.3 Å². The summed E-state index contributed by atoms with van der Waals surface area (Å²) in [5.41, 5.74) is 0. The van der Waals surface area contributed by atoms with Crippen molar-refractivity contribution >= 4 is 0 Å². The van der Waals surface area contributed by atoms with E-state index in [1.165, 1.54) is 0 Å². The van der Waals surface area contributed by atoms with Crippen molar-refractivity contribution in [3.05, 3.63) is 0 Å². The minimum atomic E-state index is -5.28. The van der Waals surface area contributed by atoms with Crippen LogP contribution >= 0.6 is 0 Å². The Hall–Kier alpha value is -0.860. The molecule has 0 radical (unpaired) electrons. The standard InChI is InChI=1S/C9H10F6/c1-2-3-4-5-6-7(8(10,11)12)9(13,14)15/h7H,2-3,6H2,1H3. The minimum Gasteiger partial charge on any atom is -0.170 e. The van der Waals surface area contributed by atoms with Crippen LogP contribution < -0.4 is 0 Å². The Balaban J connectivity index is 4.51. The average molecular weight is 232 g/mol. The summed E-state index contributed by atoms with van der Waals surface area (Å²) in [7, 11) is 0. The Labute approximate surface area is 83.7 Å². The van der Waals surface area contributed by atoms with E-state index in [-0.39, 0.29) is 0 Å². The lowest BCUT2D eigenvalue weighted by molar-refractivity contribution is -0.282. The van der Waals surface area contributed by atoms with Gasteiger partial charge in [0.15, 0.2) is 5.92 Å². The summed E-state index contributed by atoms with van der Waals surface area (Å²) in [6, 6.07) is 0. The fourth-order valence-corrected chi connectivity index (χ4v) is 0.805. The van der Waals surface area contributed by atoms with Gasteiger partial charge in [-0.3, -0.25) is 0 Å². The molecule has 0 N–H and O–H groups in total. The maximum Gasteiger partial charge on any atom is 0.401 e. The molecule has 0 atom stereocenters. The zero-order chi connectivity index (χ0) is 12.1. The van der Waals surface area contributed by atoms with Crippen LogP contribution in [0.1, 0.15) is 26.2 Å². The molecule has 0 bridgehead atoms. The van der Waals surface area contributed by atoms with E-state index < -0.39 is 24.7 Å². The molecule has 0 heterocycles. The minimum absolute atomic E-state index is 0.308. The summed E-state index contributed by atoms with van der Waals surface area (Å²) < 4.78 is 71.6. The van der Waals surface area contributed by atoms with Crippen molar-refractivity contribution in [3.8, 4) is 11.8 Å². The molecule has 15 heavy (non-hydrogen) atoms. The lowest BCUT2D eigenvalue weighted by Gasteiger charge is -2.20. The van der Waals surface area contributed by atoms with Crippen LogP contribution in [-0.4, -0.2) is 12.4 Å². The maximum absolute atomic E-state index is 11.9. The SMILES string of the molecule is CCCC#CCC(C(F)(F)F)C(F)(F)F. The Morgan fingerprint density at radius 3 is 1.73 bits per heavy atom. The Bertz CT molecular complexity index is 224. The van der Waals surface area contributed by atoms with Crippen LogP contribution in [-0.2, 0) is 0 Å². The van der Waals surface area contributed by atoms with E-state index in [4.69, 9.17) is 0 Å². The third-order valence-corrected chi connectivity index (χ3v) is 1.60. The van der Waals surface area contributed by atoms with Gasteiger partial charge in [-0.1, -0.05) is 6.92 Å². The molecule has 0 saturated heterocycles. The predicted octanol–water partition coefficient (Wildman–Crippen LogP) is 3.92. The molecular weight excluding hydrogens is 222 g/mol. The fourth-order valence-electron chi connectivity index (χ4n) is 0.805. The van der Waals surface area contributed by atoms with Crippen molar-refractivity contribution in [2.24, 2.45) is 5.92 Å². The van der Waals surface area contributed by atoms with Gasteiger partial charge in [0.25, 0.3) is 0 Å². The second kappa shape index (κ2) is 5.29. The Morgan fingerprint density at radius 2 is 1.40 bits per heavy atom. The lowest BCUT2D eigenvalue weighted by atomic mass is 10.1. The molecule has 0 rings (SSSR count). The van der Waals surface area contributed by atoms with E-state index in [2.05, 4.69) is 5.92 Å². The van der Waals surface area contributed by atoms with Gasteiger partial charge in [0.05, 0.1) is 0 Å². The van der Waals surface area contributed by atoms with Gasteiger partial charge < -0.3 is 0 Å². The summed E-state index contributed by atoms with van der Waals surface area (Å²) >= 11 is 0. The third kappa shape index (κ3) is 5.55. The normalized spacial score (nSPS) is 12.5. The first-order chi connectivity index (χ1) is 6.69. The zero-order valence-electron chi connectivity index (χ0n) is 7.97. The molecular formula is C9H10F6. The number of hydrogen-bond acceptors (Lipinski definition) is 0. The Kier molecular flexibility index (Phi) is 4.98. The summed E-state index contributed by atoms with van der Waals surface area (Å²) in [6.45, 7) is 1.74. The van der Waals surface area contributed by atoms with Crippen LogP contribution in [0.25, 0.3) is 0 Å². The highest BCUT2D eigenvalue weighted by Gasteiger charge is 2.55. The smallest absolute Gasteiger partial charge is 0.170 e. The summed E-state index contributed by atoms with van der Waals surface area (Å²) in [5.74, 6) is 0.831. The topological polar surface area (TPSA) is 0 Å². The fraction of sp³-hybridized carbons (Fsp3) is 0.778. The van der Waals surface area contributed by atoms with Crippen LogP contribution in [0.15, 0.2) is 0 Å². The largest absolute Gasteiger partial charge is 0.401 e. The molecule has 0 aromatic carbocycles. The molecule has 0 aromatic heterocycles. The molecule has 0 unspecified atom stereocenters. The molecule has 0 aromatic rings. The molecule has 0 nitrogen and oxygen atoms in total. The van der Waals surface area contributed by atoms with Crippen molar-refractivity contribution in [1.29, 1.82) is 0 Å². The van der Waals surface area contributed by atoms with E-state index >= 15 is 0 Å².